The summed E-state index contributed by atoms with van der Waals surface area (Å²) in [6.45, 7) is 0. The normalized spacial score (nSPS) is 21.9. The maximum atomic E-state index is 9.40. The molecule has 0 unspecified atom stereocenters. The maximum absolute atomic E-state index is 9.40. The molecule has 0 aliphatic heterocycles. The van der Waals surface area contributed by atoms with Crippen LogP contribution in [0.2, 0.25) is 0 Å². The van der Waals surface area contributed by atoms with Crippen molar-refractivity contribution in [3.8, 4) is 0 Å². The number of hydrogen-bond acceptors (Lipinski definition) is 2. The quantitative estimate of drug-likeness (QED) is 0.560. The van der Waals surface area contributed by atoms with Crippen LogP contribution in [0.3, 0.4) is 0 Å². The van der Waals surface area contributed by atoms with Gasteiger partial charge in [-0.3, -0.25) is 5.10 Å². The summed E-state index contributed by atoms with van der Waals surface area (Å²) in [6, 6.07) is 1.69. The minimum atomic E-state index is -0.576. The van der Waals surface area contributed by atoms with Crippen molar-refractivity contribution in [3.05, 3.63) is 18.0 Å². The number of aliphatic hydroxyl groups is 1. The van der Waals surface area contributed by atoms with Crippen molar-refractivity contribution in [2.24, 2.45) is 0 Å². The minimum absolute atomic E-state index is 0.576. The number of nitrogens with one attached hydrogen (secondary N) is 1. The second-order valence-electron chi connectivity index (χ2n) is 2.44. The predicted molar refractivity (Wildman–Crippen MR) is 30.6 cm³/mol. The van der Waals surface area contributed by atoms with Crippen LogP contribution < -0.4 is 0 Å². The molecule has 2 N–H and O–H groups in total. The molecule has 0 saturated heterocycles. The van der Waals surface area contributed by atoms with Crippen molar-refractivity contribution < 1.29 is 5.11 Å². The lowest BCUT2D eigenvalue weighted by Gasteiger charge is -2.00. The van der Waals surface area contributed by atoms with Crippen LogP contribution in [0.1, 0.15) is 18.5 Å². The second-order valence-corrected chi connectivity index (χ2v) is 2.44. The van der Waals surface area contributed by atoms with Gasteiger partial charge in [0.2, 0.25) is 0 Å². The first-order valence-electron chi connectivity index (χ1n) is 2.96. The van der Waals surface area contributed by atoms with Crippen LogP contribution >= 0.6 is 0 Å². The van der Waals surface area contributed by atoms with E-state index in [2.05, 4.69) is 16.4 Å². The molecule has 1 fully saturated rings. The summed E-state index contributed by atoms with van der Waals surface area (Å²) in [4.78, 5) is 0. The highest BCUT2D eigenvalue weighted by Crippen LogP contribution is 2.43. The van der Waals surface area contributed by atoms with E-state index < -0.39 is 5.60 Å². The summed E-state index contributed by atoms with van der Waals surface area (Å²) in [7, 11) is 0. The molecule has 0 bridgehead atoms. The Morgan fingerprint density at radius 1 is 1.78 bits per heavy atom. The Balaban J connectivity index is 2.34. The van der Waals surface area contributed by atoms with Crippen molar-refractivity contribution in [3.63, 3.8) is 0 Å². The van der Waals surface area contributed by atoms with E-state index in [9.17, 15) is 5.11 Å². The molecule has 1 aromatic heterocycles. The summed E-state index contributed by atoms with van der Waals surface area (Å²) < 4.78 is 0. The Bertz CT molecular complexity index is 201. The third-order valence-electron chi connectivity index (χ3n) is 1.67. The zero-order valence-electron chi connectivity index (χ0n) is 4.89. The van der Waals surface area contributed by atoms with Crippen LogP contribution in [0.4, 0.5) is 0 Å². The lowest BCUT2D eigenvalue weighted by molar-refractivity contribution is 0.146. The molecule has 2 rings (SSSR count). The molecule has 1 radical (unpaired) electrons. The van der Waals surface area contributed by atoms with Gasteiger partial charge < -0.3 is 5.11 Å². The summed E-state index contributed by atoms with van der Waals surface area (Å²) in [5.41, 5.74) is 0.218. The summed E-state index contributed by atoms with van der Waals surface area (Å²) in [5.74, 6) is 0. The Kier molecular flexibility index (Phi) is 0.754. The highest BCUT2D eigenvalue weighted by Gasteiger charge is 2.43. The van der Waals surface area contributed by atoms with E-state index in [0.717, 1.165) is 18.5 Å². The molecular weight excluding hydrogens is 116 g/mol. The summed E-state index contributed by atoms with van der Waals surface area (Å²) >= 11 is 0. The van der Waals surface area contributed by atoms with E-state index in [1.54, 1.807) is 6.07 Å². The molecule has 1 aliphatic carbocycles. The Hall–Kier alpha value is -0.830. The molecule has 47 valence electrons. The van der Waals surface area contributed by atoms with Crippen molar-refractivity contribution >= 4 is 0 Å². The Labute approximate surface area is 52.7 Å². The smallest absolute Gasteiger partial charge is 0.113 e. The lowest BCUT2D eigenvalue weighted by Crippen LogP contribution is -2.03. The van der Waals surface area contributed by atoms with E-state index in [1.165, 1.54) is 0 Å². The van der Waals surface area contributed by atoms with Crippen molar-refractivity contribution in [2.75, 3.05) is 0 Å². The van der Waals surface area contributed by atoms with Crippen molar-refractivity contribution in [2.45, 2.75) is 18.4 Å². The zero-order valence-corrected chi connectivity index (χ0v) is 4.89. The first-order chi connectivity index (χ1) is 4.31. The van der Waals surface area contributed by atoms with E-state index in [-0.39, 0.29) is 0 Å². The molecule has 0 aromatic carbocycles. The Morgan fingerprint density at radius 3 is 3.00 bits per heavy atom. The van der Waals surface area contributed by atoms with Gasteiger partial charge in [0.05, 0.1) is 5.69 Å². The van der Waals surface area contributed by atoms with Gasteiger partial charge in [-0.05, 0) is 18.9 Å². The van der Waals surface area contributed by atoms with Gasteiger partial charge in [-0.25, -0.2) is 0 Å². The van der Waals surface area contributed by atoms with Crippen LogP contribution in [0.5, 0.6) is 0 Å². The van der Waals surface area contributed by atoms with Gasteiger partial charge in [-0.1, -0.05) is 0 Å². The second kappa shape index (κ2) is 1.36. The fourth-order valence-corrected chi connectivity index (χ4v) is 0.848. The standard InChI is InChI=1S/C6H7N2O/c9-6(2-3-6)5-1-4-7-8-5/h1,9H,2-3H2,(H,7,8). The molecule has 0 spiro atoms. The SMILES string of the molecule is OC1(c2c[c]n[nH]2)CC1. The van der Waals surface area contributed by atoms with E-state index in [4.69, 9.17) is 0 Å². The van der Waals surface area contributed by atoms with Crippen LogP contribution in [0.15, 0.2) is 6.07 Å². The van der Waals surface area contributed by atoms with Crippen LogP contribution in [-0.2, 0) is 5.60 Å². The topological polar surface area (TPSA) is 48.9 Å². The van der Waals surface area contributed by atoms with Gasteiger partial charge in [0.1, 0.15) is 11.8 Å². The Morgan fingerprint density at radius 2 is 2.56 bits per heavy atom. The number of nitrogens with zero attached hydrogens (tertiary/aromatic N) is 1. The number of H-pyrrole nitrogens is 1. The van der Waals surface area contributed by atoms with E-state index >= 15 is 0 Å². The third kappa shape index (κ3) is 0.650. The fraction of sp³-hybridized carbons (Fsp3) is 0.500. The van der Waals surface area contributed by atoms with Gasteiger partial charge in [-0.15, -0.1) is 0 Å². The predicted octanol–water partition coefficient (Wildman–Crippen LogP) is 0.191. The average Bonchev–Trinajstić information content (AvgIpc) is 2.46. The third-order valence-corrected chi connectivity index (χ3v) is 1.67. The number of aromatic amines is 1. The highest BCUT2D eigenvalue weighted by atomic mass is 16.3. The van der Waals surface area contributed by atoms with Gasteiger partial charge in [-0.2, -0.15) is 5.10 Å². The lowest BCUT2D eigenvalue weighted by atomic mass is 10.2. The van der Waals surface area contributed by atoms with Crippen LogP contribution in [-0.4, -0.2) is 15.3 Å². The largest absolute Gasteiger partial charge is 0.384 e. The number of aromatic nitrogens is 2. The van der Waals surface area contributed by atoms with Gasteiger partial charge >= 0.3 is 0 Å². The maximum Gasteiger partial charge on any atom is 0.113 e. The van der Waals surface area contributed by atoms with E-state index in [1.807, 2.05) is 0 Å². The molecule has 1 aliphatic rings. The van der Waals surface area contributed by atoms with E-state index in [0.29, 0.717) is 0 Å². The summed E-state index contributed by atoms with van der Waals surface area (Å²) in [5, 5.41) is 15.7. The first kappa shape index (κ1) is 4.99. The number of hydrogen-bond donors (Lipinski definition) is 2. The molecule has 0 amide bonds. The van der Waals surface area contributed by atoms with Crippen molar-refractivity contribution in [1.82, 2.24) is 10.2 Å². The molecular formula is C6H7N2O. The van der Waals surface area contributed by atoms with Gasteiger partial charge in [0, 0.05) is 0 Å². The van der Waals surface area contributed by atoms with Crippen LogP contribution in [0, 0.1) is 6.20 Å². The monoisotopic (exact) mass is 123 g/mol. The first-order valence-corrected chi connectivity index (χ1v) is 2.96. The van der Waals surface area contributed by atoms with Gasteiger partial charge in [0.15, 0.2) is 0 Å². The summed E-state index contributed by atoms with van der Waals surface area (Å²) in [6.07, 6.45) is 4.31. The molecule has 9 heavy (non-hydrogen) atoms. The minimum Gasteiger partial charge on any atom is -0.384 e. The highest BCUT2D eigenvalue weighted by molar-refractivity contribution is 5.16. The number of rotatable bonds is 1. The average molecular weight is 123 g/mol. The van der Waals surface area contributed by atoms with Gasteiger partial charge in [0.25, 0.3) is 0 Å². The molecule has 3 nitrogen and oxygen atoms in total. The molecule has 3 heteroatoms. The van der Waals surface area contributed by atoms with Crippen LogP contribution in [0.25, 0.3) is 0 Å². The molecule has 1 heterocycles. The molecule has 1 saturated carbocycles. The fourth-order valence-electron chi connectivity index (χ4n) is 0.848. The molecule has 0 atom stereocenters. The zero-order chi connectivity index (χ0) is 6.32. The molecule has 1 aromatic rings. The van der Waals surface area contributed by atoms with Crippen molar-refractivity contribution in [1.29, 1.82) is 0 Å².